The van der Waals surface area contributed by atoms with Crippen molar-refractivity contribution in [1.82, 2.24) is 30.7 Å². The predicted molar refractivity (Wildman–Crippen MR) is 115 cm³/mol. The number of nitrogens with one attached hydrogen (secondary N) is 3. The molecule has 10 heteroatoms. The molecule has 0 aliphatic carbocycles. The van der Waals surface area contributed by atoms with E-state index in [1.54, 1.807) is 23.2 Å². The highest BCUT2D eigenvalue weighted by Crippen LogP contribution is 2.20. The van der Waals surface area contributed by atoms with Crippen LogP contribution in [0.25, 0.3) is 0 Å². The Bertz CT molecular complexity index is 857. The Balaban J connectivity index is 1.51. The number of hydrogen-bond donors (Lipinski definition) is 3. The first-order valence-electron chi connectivity index (χ1n) is 11.3. The van der Waals surface area contributed by atoms with Gasteiger partial charge in [-0.15, -0.1) is 0 Å². The molecule has 3 fully saturated rings. The van der Waals surface area contributed by atoms with Gasteiger partial charge in [0, 0.05) is 37.9 Å². The van der Waals surface area contributed by atoms with Crippen LogP contribution in [0.4, 0.5) is 0 Å². The van der Waals surface area contributed by atoms with Gasteiger partial charge in [-0.05, 0) is 50.9 Å². The third-order valence-corrected chi connectivity index (χ3v) is 6.45. The minimum absolute atomic E-state index is 0.0354. The lowest BCUT2D eigenvalue weighted by Gasteiger charge is -2.42. The average Bonchev–Trinajstić information content (AvgIpc) is 2.85. The van der Waals surface area contributed by atoms with Crippen LogP contribution in [0.1, 0.15) is 36.0 Å². The van der Waals surface area contributed by atoms with E-state index < -0.39 is 18.0 Å². The molecular formula is C22H30N6O4. The summed E-state index contributed by atoms with van der Waals surface area (Å²) < 4.78 is 0. The molecule has 2 atom stereocenters. The smallest absolute Gasteiger partial charge is 0.256 e. The molecule has 32 heavy (non-hydrogen) atoms. The highest BCUT2D eigenvalue weighted by molar-refractivity contribution is 5.99. The minimum Gasteiger partial charge on any atom is -0.354 e. The molecule has 1 aromatic rings. The van der Waals surface area contributed by atoms with E-state index in [-0.39, 0.29) is 36.7 Å². The Morgan fingerprint density at radius 3 is 2.62 bits per heavy atom. The Labute approximate surface area is 187 Å². The number of nitrogens with zero attached hydrogens (tertiary/aromatic N) is 3. The van der Waals surface area contributed by atoms with Crippen molar-refractivity contribution < 1.29 is 19.2 Å². The number of carbonyl (C=O) groups is 4. The van der Waals surface area contributed by atoms with Crippen molar-refractivity contribution in [3.8, 4) is 0 Å². The summed E-state index contributed by atoms with van der Waals surface area (Å²) >= 11 is 0. The van der Waals surface area contributed by atoms with E-state index in [0.717, 1.165) is 32.4 Å². The van der Waals surface area contributed by atoms with Crippen LogP contribution in [0.15, 0.2) is 24.5 Å². The van der Waals surface area contributed by atoms with Gasteiger partial charge in [0.1, 0.15) is 12.1 Å². The zero-order valence-electron chi connectivity index (χ0n) is 18.1. The molecule has 4 heterocycles. The van der Waals surface area contributed by atoms with E-state index in [1.807, 2.05) is 0 Å². The van der Waals surface area contributed by atoms with E-state index in [1.165, 1.54) is 11.1 Å². The second-order valence-electron chi connectivity index (χ2n) is 8.56. The molecule has 1 aromatic heterocycles. The van der Waals surface area contributed by atoms with Gasteiger partial charge in [-0.1, -0.05) is 0 Å². The third kappa shape index (κ3) is 4.90. The first-order valence-corrected chi connectivity index (χ1v) is 11.3. The Kier molecular flexibility index (Phi) is 6.99. The first kappa shape index (κ1) is 22.2. The van der Waals surface area contributed by atoms with Gasteiger partial charge in [-0.2, -0.15) is 0 Å². The van der Waals surface area contributed by atoms with Crippen LogP contribution in [-0.2, 0) is 14.4 Å². The molecule has 0 saturated carbocycles. The Hall–Kier alpha value is -3.01. The van der Waals surface area contributed by atoms with Crippen LogP contribution in [-0.4, -0.2) is 89.8 Å². The van der Waals surface area contributed by atoms with Crippen molar-refractivity contribution in [3.63, 3.8) is 0 Å². The van der Waals surface area contributed by atoms with Crippen molar-refractivity contribution >= 4 is 23.6 Å². The molecule has 3 aliphatic heterocycles. The molecular weight excluding hydrogens is 412 g/mol. The molecule has 0 unspecified atom stereocenters. The topological polar surface area (TPSA) is 124 Å². The first-order chi connectivity index (χ1) is 15.5. The van der Waals surface area contributed by atoms with Crippen molar-refractivity contribution in [1.29, 1.82) is 0 Å². The van der Waals surface area contributed by atoms with Crippen LogP contribution in [0.5, 0.6) is 0 Å². The Morgan fingerprint density at radius 2 is 1.91 bits per heavy atom. The summed E-state index contributed by atoms with van der Waals surface area (Å²) in [5.74, 6) is -0.960. The summed E-state index contributed by atoms with van der Waals surface area (Å²) in [6.07, 6.45) is 5.93. The van der Waals surface area contributed by atoms with Gasteiger partial charge >= 0.3 is 0 Å². The van der Waals surface area contributed by atoms with Gasteiger partial charge < -0.3 is 25.8 Å². The van der Waals surface area contributed by atoms with E-state index in [0.29, 0.717) is 25.1 Å². The maximum absolute atomic E-state index is 13.3. The SMILES string of the molecule is O=C(N[C@@H]1CCCNC1=O)[C@H]1CN(C(=O)C2CCNCC2)CCN1C(=O)c1cccnc1. The lowest BCUT2D eigenvalue weighted by Crippen LogP contribution is -2.64. The van der Waals surface area contributed by atoms with Gasteiger partial charge in [-0.25, -0.2) is 0 Å². The number of piperidine rings is 2. The lowest BCUT2D eigenvalue weighted by atomic mass is 9.95. The zero-order chi connectivity index (χ0) is 22.5. The zero-order valence-corrected chi connectivity index (χ0v) is 18.1. The number of amides is 4. The van der Waals surface area contributed by atoms with Crippen LogP contribution < -0.4 is 16.0 Å². The van der Waals surface area contributed by atoms with Gasteiger partial charge in [0.15, 0.2) is 0 Å². The van der Waals surface area contributed by atoms with E-state index in [4.69, 9.17) is 0 Å². The maximum Gasteiger partial charge on any atom is 0.256 e. The summed E-state index contributed by atoms with van der Waals surface area (Å²) in [6, 6.07) is 1.84. The highest BCUT2D eigenvalue weighted by atomic mass is 16.2. The van der Waals surface area contributed by atoms with E-state index in [9.17, 15) is 19.2 Å². The fourth-order valence-corrected chi connectivity index (χ4v) is 4.61. The molecule has 3 N–H and O–H groups in total. The highest BCUT2D eigenvalue weighted by Gasteiger charge is 2.40. The maximum atomic E-state index is 13.3. The van der Waals surface area contributed by atoms with Crippen molar-refractivity contribution in [3.05, 3.63) is 30.1 Å². The second kappa shape index (κ2) is 10.1. The molecule has 172 valence electrons. The van der Waals surface area contributed by atoms with Gasteiger partial charge in [-0.3, -0.25) is 24.2 Å². The fraction of sp³-hybridized carbons (Fsp3) is 0.591. The third-order valence-electron chi connectivity index (χ3n) is 6.45. The number of rotatable bonds is 4. The van der Waals surface area contributed by atoms with Crippen LogP contribution in [0.3, 0.4) is 0 Å². The Morgan fingerprint density at radius 1 is 1.09 bits per heavy atom. The van der Waals surface area contributed by atoms with Crippen LogP contribution >= 0.6 is 0 Å². The van der Waals surface area contributed by atoms with E-state index >= 15 is 0 Å². The predicted octanol–water partition coefficient (Wildman–Crippen LogP) is -0.871. The van der Waals surface area contributed by atoms with Gasteiger partial charge in [0.25, 0.3) is 5.91 Å². The molecule has 0 aromatic carbocycles. The van der Waals surface area contributed by atoms with Crippen molar-refractivity contribution in [2.75, 3.05) is 39.3 Å². The van der Waals surface area contributed by atoms with Gasteiger partial charge in [0.05, 0.1) is 12.1 Å². The molecule has 4 rings (SSSR count). The summed E-state index contributed by atoms with van der Waals surface area (Å²) in [5.41, 5.74) is 0.388. The quantitative estimate of drug-likeness (QED) is 0.557. The number of hydrogen-bond acceptors (Lipinski definition) is 6. The summed E-state index contributed by atoms with van der Waals surface area (Å²) in [4.78, 5) is 58.9. The molecule has 10 nitrogen and oxygen atoms in total. The lowest BCUT2D eigenvalue weighted by molar-refractivity contribution is -0.142. The van der Waals surface area contributed by atoms with Crippen molar-refractivity contribution in [2.24, 2.45) is 5.92 Å². The molecule has 4 amide bonds. The normalized spacial score (nSPS) is 24.6. The molecule has 3 saturated heterocycles. The standard InChI is InChI=1S/C22H30N6O4/c29-19-17(4-2-8-25-19)26-20(30)18-14-27(21(31)15-5-9-23-10-6-15)11-12-28(18)22(32)16-3-1-7-24-13-16/h1,3,7,13,15,17-18,23H,2,4-6,8-12,14H2,(H,25,29)(H,26,30)/t17-,18-/m1/s1. The minimum atomic E-state index is -0.864. The average molecular weight is 443 g/mol. The largest absolute Gasteiger partial charge is 0.354 e. The van der Waals surface area contributed by atoms with E-state index in [2.05, 4.69) is 20.9 Å². The molecule has 0 spiro atoms. The fourth-order valence-electron chi connectivity index (χ4n) is 4.61. The van der Waals surface area contributed by atoms with Crippen LogP contribution in [0.2, 0.25) is 0 Å². The molecule has 0 bridgehead atoms. The summed E-state index contributed by atoms with van der Waals surface area (Å²) in [7, 11) is 0. The van der Waals surface area contributed by atoms with Crippen LogP contribution in [0, 0.1) is 5.92 Å². The monoisotopic (exact) mass is 442 g/mol. The molecule has 0 radical (unpaired) electrons. The number of aromatic nitrogens is 1. The number of carbonyl (C=O) groups excluding carboxylic acids is 4. The number of pyridine rings is 1. The molecule has 3 aliphatic rings. The second-order valence-corrected chi connectivity index (χ2v) is 8.56. The van der Waals surface area contributed by atoms with Gasteiger partial charge in [0.2, 0.25) is 17.7 Å². The number of piperazine rings is 1. The summed E-state index contributed by atoms with van der Waals surface area (Å²) in [5, 5.41) is 8.82. The summed E-state index contributed by atoms with van der Waals surface area (Å²) in [6.45, 7) is 2.95. The van der Waals surface area contributed by atoms with Crippen molar-refractivity contribution in [2.45, 2.75) is 37.8 Å².